The zero-order valence-electron chi connectivity index (χ0n) is 11.4. The van der Waals surface area contributed by atoms with Crippen molar-refractivity contribution < 1.29 is 9.53 Å². The highest BCUT2D eigenvalue weighted by Gasteiger charge is 2.27. The van der Waals surface area contributed by atoms with Crippen molar-refractivity contribution in [1.29, 1.82) is 0 Å². The molecule has 2 saturated heterocycles. The lowest BCUT2D eigenvalue weighted by molar-refractivity contribution is -0.144. The smallest absolute Gasteiger partial charge is 0.306 e. The summed E-state index contributed by atoms with van der Waals surface area (Å²) in [5.74, 6) is 0.488. The SMILES string of the molecule is CCOC(=O)CC1CCN(C2CCCC[N]2)CC1. The molecule has 2 heterocycles. The van der Waals surface area contributed by atoms with Gasteiger partial charge in [0.2, 0.25) is 0 Å². The number of piperidine rings is 2. The van der Waals surface area contributed by atoms with E-state index in [1.807, 2.05) is 6.92 Å². The first-order valence-electron chi connectivity index (χ1n) is 7.36. The Morgan fingerprint density at radius 2 is 2.06 bits per heavy atom. The summed E-state index contributed by atoms with van der Waals surface area (Å²) in [6, 6.07) is 0. The summed E-state index contributed by atoms with van der Waals surface area (Å²) in [5.41, 5.74) is 0. The molecule has 0 aliphatic carbocycles. The van der Waals surface area contributed by atoms with Crippen LogP contribution in [0.5, 0.6) is 0 Å². The molecule has 103 valence electrons. The fraction of sp³-hybridized carbons (Fsp3) is 0.929. The molecule has 4 heteroatoms. The lowest BCUT2D eigenvalue weighted by Gasteiger charge is -2.38. The Kier molecular flexibility index (Phi) is 5.45. The van der Waals surface area contributed by atoms with E-state index in [1.165, 1.54) is 19.3 Å². The normalized spacial score (nSPS) is 27.1. The number of carbonyl (C=O) groups is 1. The van der Waals surface area contributed by atoms with Gasteiger partial charge < -0.3 is 4.74 Å². The van der Waals surface area contributed by atoms with E-state index in [-0.39, 0.29) is 5.97 Å². The molecule has 2 aliphatic rings. The molecular weight excluding hydrogens is 228 g/mol. The summed E-state index contributed by atoms with van der Waals surface area (Å²) >= 11 is 0. The minimum absolute atomic E-state index is 0.0293. The lowest BCUT2D eigenvalue weighted by atomic mass is 9.92. The lowest BCUT2D eigenvalue weighted by Crippen LogP contribution is -2.48. The van der Waals surface area contributed by atoms with Gasteiger partial charge in [0.05, 0.1) is 12.8 Å². The molecule has 0 spiro atoms. The van der Waals surface area contributed by atoms with E-state index < -0.39 is 0 Å². The van der Waals surface area contributed by atoms with Crippen LogP contribution in [-0.4, -0.2) is 43.3 Å². The third kappa shape index (κ3) is 3.95. The number of nitrogens with zero attached hydrogens (tertiary/aromatic N) is 2. The molecule has 18 heavy (non-hydrogen) atoms. The monoisotopic (exact) mass is 253 g/mol. The van der Waals surface area contributed by atoms with Gasteiger partial charge in [-0.05, 0) is 58.0 Å². The second kappa shape index (κ2) is 7.10. The molecule has 4 nitrogen and oxygen atoms in total. The molecule has 2 aliphatic heterocycles. The molecule has 0 aromatic rings. The fourth-order valence-corrected chi connectivity index (χ4v) is 2.98. The third-order valence-corrected chi connectivity index (χ3v) is 4.04. The Hall–Kier alpha value is -0.610. The second-order valence-electron chi connectivity index (χ2n) is 5.37. The summed E-state index contributed by atoms with van der Waals surface area (Å²) in [7, 11) is 0. The summed E-state index contributed by atoms with van der Waals surface area (Å²) in [5, 5.41) is 4.70. The van der Waals surface area contributed by atoms with Crippen molar-refractivity contribution >= 4 is 5.97 Å². The third-order valence-electron chi connectivity index (χ3n) is 4.04. The van der Waals surface area contributed by atoms with Crippen molar-refractivity contribution in [2.45, 2.75) is 51.6 Å². The Morgan fingerprint density at radius 1 is 1.28 bits per heavy atom. The maximum atomic E-state index is 11.4. The Labute approximate surface area is 110 Å². The summed E-state index contributed by atoms with van der Waals surface area (Å²) in [6.45, 7) is 5.59. The summed E-state index contributed by atoms with van der Waals surface area (Å²) in [4.78, 5) is 13.9. The van der Waals surface area contributed by atoms with E-state index in [0.717, 1.165) is 32.5 Å². The van der Waals surface area contributed by atoms with Crippen LogP contribution in [0.3, 0.4) is 0 Å². The van der Waals surface area contributed by atoms with Gasteiger partial charge in [-0.1, -0.05) is 0 Å². The Balaban J connectivity index is 1.69. The van der Waals surface area contributed by atoms with Crippen LogP contribution >= 0.6 is 0 Å². The molecule has 0 aromatic carbocycles. The quantitative estimate of drug-likeness (QED) is 0.717. The fourth-order valence-electron chi connectivity index (χ4n) is 2.98. The van der Waals surface area contributed by atoms with Gasteiger partial charge in [-0.25, -0.2) is 5.32 Å². The average Bonchev–Trinajstić information content (AvgIpc) is 2.41. The number of ether oxygens (including phenoxy) is 1. The highest BCUT2D eigenvalue weighted by Crippen LogP contribution is 2.24. The molecule has 1 radical (unpaired) electrons. The van der Waals surface area contributed by atoms with Gasteiger partial charge in [0.25, 0.3) is 0 Å². The predicted molar refractivity (Wildman–Crippen MR) is 70.2 cm³/mol. The molecule has 1 atom stereocenters. The van der Waals surface area contributed by atoms with Crippen molar-refractivity contribution in [2.75, 3.05) is 26.2 Å². The van der Waals surface area contributed by atoms with Crippen LogP contribution in [0.1, 0.15) is 45.4 Å². The first-order valence-corrected chi connectivity index (χ1v) is 7.36. The average molecular weight is 253 g/mol. The van der Waals surface area contributed by atoms with Crippen molar-refractivity contribution in [3.05, 3.63) is 0 Å². The van der Waals surface area contributed by atoms with Crippen LogP contribution in [0, 0.1) is 5.92 Å². The van der Waals surface area contributed by atoms with Crippen molar-refractivity contribution in [3.8, 4) is 0 Å². The number of esters is 1. The van der Waals surface area contributed by atoms with E-state index in [2.05, 4.69) is 4.90 Å². The van der Waals surface area contributed by atoms with E-state index in [4.69, 9.17) is 10.1 Å². The largest absolute Gasteiger partial charge is 0.466 e. The van der Waals surface area contributed by atoms with Crippen LogP contribution in [0.2, 0.25) is 0 Å². The zero-order valence-corrected chi connectivity index (χ0v) is 11.4. The van der Waals surface area contributed by atoms with Crippen molar-refractivity contribution in [1.82, 2.24) is 10.2 Å². The van der Waals surface area contributed by atoms with Crippen LogP contribution in [0.25, 0.3) is 0 Å². The minimum Gasteiger partial charge on any atom is -0.466 e. The van der Waals surface area contributed by atoms with Gasteiger partial charge in [-0.3, -0.25) is 9.69 Å². The standard InChI is InChI=1S/C14H25N2O2/c1-2-18-14(17)11-12-6-9-16(10-7-12)13-5-3-4-8-15-13/h12-13H,2-11H2,1H3. The van der Waals surface area contributed by atoms with E-state index in [0.29, 0.717) is 25.1 Å². The first kappa shape index (κ1) is 13.8. The van der Waals surface area contributed by atoms with E-state index >= 15 is 0 Å². The van der Waals surface area contributed by atoms with Crippen LogP contribution < -0.4 is 5.32 Å². The van der Waals surface area contributed by atoms with E-state index in [1.54, 1.807) is 0 Å². The maximum Gasteiger partial charge on any atom is 0.306 e. The predicted octanol–water partition coefficient (Wildman–Crippen LogP) is 1.77. The molecule has 0 amide bonds. The summed E-state index contributed by atoms with van der Waals surface area (Å²) in [6.07, 6.45) is 7.09. The number of rotatable bonds is 4. The molecule has 2 rings (SSSR count). The van der Waals surface area contributed by atoms with Gasteiger partial charge >= 0.3 is 5.97 Å². The van der Waals surface area contributed by atoms with Gasteiger partial charge in [0.15, 0.2) is 0 Å². The molecule has 0 aromatic heterocycles. The zero-order chi connectivity index (χ0) is 12.8. The number of likely N-dealkylation sites (tertiary alicyclic amines) is 1. The maximum absolute atomic E-state index is 11.4. The minimum atomic E-state index is -0.0293. The highest BCUT2D eigenvalue weighted by molar-refractivity contribution is 5.69. The topological polar surface area (TPSA) is 43.6 Å². The molecule has 2 fully saturated rings. The van der Waals surface area contributed by atoms with Gasteiger partial charge in [0, 0.05) is 13.0 Å². The number of hydrogen-bond donors (Lipinski definition) is 0. The van der Waals surface area contributed by atoms with Gasteiger partial charge in [-0.2, -0.15) is 0 Å². The number of carbonyl (C=O) groups excluding carboxylic acids is 1. The second-order valence-corrected chi connectivity index (χ2v) is 5.37. The van der Waals surface area contributed by atoms with Crippen LogP contribution in [0.4, 0.5) is 0 Å². The van der Waals surface area contributed by atoms with Crippen LogP contribution in [0.15, 0.2) is 0 Å². The Bertz CT molecular complexity index is 257. The van der Waals surface area contributed by atoms with Crippen molar-refractivity contribution in [2.24, 2.45) is 5.92 Å². The van der Waals surface area contributed by atoms with Crippen molar-refractivity contribution in [3.63, 3.8) is 0 Å². The molecule has 0 bridgehead atoms. The van der Waals surface area contributed by atoms with E-state index in [9.17, 15) is 4.79 Å². The number of hydrogen-bond acceptors (Lipinski definition) is 3. The van der Waals surface area contributed by atoms with Crippen LogP contribution in [-0.2, 0) is 9.53 Å². The molecule has 0 N–H and O–H groups in total. The van der Waals surface area contributed by atoms with Gasteiger partial charge in [-0.15, -0.1) is 0 Å². The molecule has 0 saturated carbocycles. The van der Waals surface area contributed by atoms with Gasteiger partial charge in [0.1, 0.15) is 0 Å². The molecule has 1 unspecified atom stereocenters. The first-order chi connectivity index (χ1) is 8.79. The Morgan fingerprint density at radius 3 is 2.67 bits per heavy atom. The molecular formula is C14H25N2O2. The highest BCUT2D eigenvalue weighted by atomic mass is 16.5. The summed E-state index contributed by atoms with van der Waals surface area (Å²) < 4.78 is 5.02.